The predicted octanol–water partition coefficient (Wildman–Crippen LogP) is 12.0. The van der Waals surface area contributed by atoms with Crippen LogP contribution in [-0.2, 0) is 4.79 Å². The lowest BCUT2D eigenvalue weighted by molar-refractivity contribution is -0.132. The molecule has 0 bridgehead atoms. The van der Waals surface area contributed by atoms with E-state index in [0.29, 0.717) is 12.8 Å². The second-order valence-corrected chi connectivity index (χ2v) is 16.1. The number of aliphatic hydroxyl groups excluding tert-OH is 4. The van der Waals surface area contributed by atoms with E-state index in [2.05, 4.69) is 19.2 Å². The molecule has 0 radical (unpaired) electrons. The van der Waals surface area contributed by atoms with Crippen molar-refractivity contribution in [3.05, 3.63) is 0 Å². The van der Waals surface area contributed by atoms with Gasteiger partial charge in [0, 0.05) is 0 Å². The molecule has 0 saturated carbocycles. The van der Waals surface area contributed by atoms with Gasteiger partial charge in [-0.1, -0.05) is 239 Å². The van der Waals surface area contributed by atoms with Gasteiger partial charge in [0.2, 0.25) is 5.91 Å². The third-order valence-corrected chi connectivity index (χ3v) is 11.1. The quantitative estimate of drug-likeness (QED) is 0.0402. The lowest BCUT2D eigenvalue weighted by Crippen LogP contribution is -2.53. The SMILES string of the molecule is CCCCCCCCCCCCCCCCCCCCCCCCCCCCCC(O)C(=O)NC(CO)C(O)C(O)CCCCCCCCCC. The summed E-state index contributed by atoms with van der Waals surface area (Å²) in [5.41, 5.74) is 0. The predicted molar refractivity (Wildman–Crippen MR) is 219 cm³/mol. The molecule has 51 heavy (non-hydrogen) atoms. The van der Waals surface area contributed by atoms with Gasteiger partial charge in [-0.2, -0.15) is 0 Å². The van der Waals surface area contributed by atoms with E-state index in [0.717, 1.165) is 38.5 Å². The molecule has 0 fully saturated rings. The van der Waals surface area contributed by atoms with Gasteiger partial charge in [-0.25, -0.2) is 0 Å². The summed E-state index contributed by atoms with van der Waals surface area (Å²) in [5.74, 6) is -0.581. The number of aliphatic hydroxyl groups is 4. The Hall–Kier alpha value is -0.690. The molecule has 0 saturated heterocycles. The van der Waals surface area contributed by atoms with E-state index in [1.807, 2.05) is 0 Å². The number of hydrogen-bond donors (Lipinski definition) is 5. The minimum atomic E-state index is -1.25. The highest BCUT2D eigenvalue weighted by Crippen LogP contribution is 2.17. The first-order valence-electron chi connectivity index (χ1n) is 22.9. The van der Waals surface area contributed by atoms with Crippen molar-refractivity contribution in [2.75, 3.05) is 6.61 Å². The Morgan fingerprint density at radius 2 is 0.667 bits per heavy atom. The van der Waals surface area contributed by atoms with Crippen LogP contribution in [0.15, 0.2) is 0 Å². The minimum absolute atomic E-state index is 0.375. The molecule has 0 aliphatic heterocycles. The number of unbranched alkanes of at least 4 members (excludes halogenated alkanes) is 33. The Morgan fingerprint density at radius 3 is 0.941 bits per heavy atom. The van der Waals surface area contributed by atoms with Crippen molar-refractivity contribution in [1.29, 1.82) is 0 Å². The van der Waals surface area contributed by atoms with Gasteiger partial charge in [0.1, 0.15) is 12.2 Å². The first-order valence-corrected chi connectivity index (χ1v) is 22.9. The zero-order valence-corrected chi connectivity index (χ0v) is 34.4. The highest BCUT2D eigenvalue weighted by molar-refractivity contribution is 5.80. The number of nitrogens with one attached hydrogen (secondary N) is 1. The van der Waals surface area contributed by atoms with Crippen molar-refractivity contribution in [2.45, 2.75) is 276 Å². The molecule has 4 unspecified atom stereocenters. The second kappa shape index (κ2) is 40.5. The molecule has 6 heteroatoms. The van der Waals surface area contributed by atoms with Crippen LogP contribution in [0.2, 0.25) is 0 Å². The van der Waals surface area contributed by atoms with Crippen molar-refractivity contribution in [2.24, 2.45) is 0 Å². The van der Waals surface area contributed by atoms with Crippen LogP contribution in [0.4, 0.5) is 0 Å². The summed E-state index contributed by atoms with van der Waals surface area (Å²) in [4.78, 5) is 12.5. The van der Waals surface area contributed by atoms with E-state index in [1.165, 1.54) is 186 Å². The van der Waals surface area contributed by atoms with E-state index >= 15 is 0 Å². The Bertz CT molecular complexity index is 692. The lowest BCUT2D eigenvalue weighted by atomic mass is 9.99. The molecular weight excluding hydrogens is 634 g/mol. The monoisotopic (exact) mass is 726 g/mol. The van der Waals surface area contributed by atoms with E-state index in [4.69, 9.17) is 0 Å². The molecular formula is C45H91NO5. The molecule has 0 heterocycles. The number of hydrogen-bond acceptors (Lipinski definition) is 5. The molecule has 0 spiro atoms. The van der Waals surface area contributed by atoms with Crippen LogP contribution in [0.5, 0.6) is 0 Å². The molecule has 306 valence electrons. The Labute approximate surface area is 318 Å². The van der Waals surface area contributed by atoms with Gasteiger partial charge >= 0.3 is 0 Å². The first-order chi connectivity index (χ1) is 25.0. The molecule has 6 nitrogen and oxygen atoms in total. The second-order valence-electron chi connectivity index (χ2n) is 16.1. The van der Waals surface area contributed by atoms with Gasteiger partial charge in [0.25, 0.3) is 0 Å². The van der Waals surface area contributed by atoms with E-state index in [9.17, 15) is 25.2 Å². The van der Waals surface area contributed by atoms with Gasteiger partial charge in [-0.05, 0) is 12.8 Å². The van der Waals surface area contributed by atoms with Crippen LogP contribution in [0.25, 0.3) is 0 Å². The van der Waals surface area contributed by atoms with Gasteiger partial charge < -0.3 is 25.7 Å². The number of rotatable bonds is 42. The number of carbonyl (C=O) groups is 1. The topological polar surface area (TPSA) is 110 Å². The maximum Gasteiger partial charge on any atom is 0.249 e. The maximum absolute atomic E-state index is 12.5. The summed E-state index contributed by atoms with van der Waals surface area (Å²) in [6.07, 6.45) is 43.1. The summed E-state index contributed by atoms with van der Waals surface area (Å²) in [7, 11) is 0. The average molecular weight is 726 g/mol. The third-order valence-electron chi connectivity index (χ3n) is 11.1. The highest BCUT2D eigenvalue weighted by atomic mass is 16.3. The molecule has 1 amide bonds. The number of amides is 1. The van der Waals surface area contributed by atoms with Gasteiger partial charge in [0.15, 0.2) is 0 Å². The normalized spacial score (nSPS) is 14.1. The fourth-order valence-corrected chi connectivity index (χ4v) is 7.41. The molecule has 5 N–H and O–H groups in total. The molecule has 0 aromatic heterocycles. The summed E-state index contributed by atoms with van der Waals surface area (Å²) in [6.45, 7) is 4.02. The molecule has 0 aliphatic rings. The van der Waals surface area contributed by atoms with E-state index in [1.54, 1.807) is 0 Å². The fraction of sp³-hybridized carbons (Fsp3) is 0.978. The standard InChI is InChI=1S/C45H91NO5/c1-3-5-7-9-11-13-14-15-16-17-18-19-20-21-22-23-24-25-26-27-28-29-30-31-33-35-37-39-43(49)45(51)46-41(40-47)44(50)42(48)38-36-34-32-12-10-8-6-4-2/h41-44,47-50H,3-40H2,1-2H3,(H,46,51). The van der Waals surface area contributed by atoms with Crippen molar-refractivity contribution >= 4 is 5.91 Å². The minimum Gasteiger partial charge on any atom is -0.394 e. The van der Waals surface area contributed by atoms with Crippen molar-refractivity contribution in [1.82, 2.24) is 5.32 Å². The highest BCUT2D eigenvalue weighted by Gasteiger charge is 2.28. The lowest BCUT2D eigenvalue weighted by Gasteiger charge is -2.27. The average Bonchev–Trinajstić information content (AvgIpc) is 3.13. The Morgan fingerprint density at radius 1 is 0.412 bits per heavy atom. The summed E-state index contributed by atoms with van der Waals surface area (Å²) < 4.78 is 0. The number of carbonyl (C=O) groups excluding carboxylic acids is 1. The zero-order chi connectivity index (χ0) is 37.5. The van der Waals surface area contributed by atoms with E-state index in [-0.39, 0.29) is 0 Å². The first kappa shape index (κ1) is 50.3. The molecule has 0 aliphatic carbocycles. The van der Waals surface area contributed by atoms with Crippen LogP contribution >= 0.6 is 0 Å². The van der Waals surface area contributed by atoms with Gasteiger partial charge in [0.05, 0.1) is 18.8 Å². The van der Waals surface area contributed by atoms with Crippen LogP contribution < -0.4 is 5.32 Å². The zero-order valence-electron chi connectivity index (χ0n) is 34.4. The van der Waals surface area contributed by atoms with Crippen LogP contribution in [0.1, 0.15) is 251 Å². The smallest absolute Gasteiger partial charge is 0.249 e. The molecule has 4 atom stereocenters. The van der Waals surface area contributed by atoms with Gasteiger partial charge in [-0.3, -0.25) is 4.79 Å². The van der Waals surface area contributed by atoms with Crippen LogP contribution in [0.3, 0.4) is 0 Å². The molecule has 0 rings (SSSR count). The third kappa shape index (κ3) is 34.8. The molecule has 0 aromatic rings. The van der Waals surface area contributed by atoms with E-state index < -0.39 is 36.9 Å². The van der Waals surface area contributed by atoms with Crippen molar-refractivity contribution in [3.8, 4) is 0 Å². The summed E-state index contributed by atoms with van der Waals surface area (Å²) >= 11 is 0. The summed E-state index contributed by atoms with van der Waals surface area (Å²) in [5, 5.41) is 43.4. The maximum atomic E-state index is 12.5. The Kier molecular flexibility index (Phi) is 39.9. The van der Waals surface area contributed by atoms with Crippen LogP contribution in [-0.4, -0.2) is 57.3 Å². The van der Waals surface area contributed by atoms with Crippen LogP contribution in [0, 0.1) is 0 Å². The largest absolute Gasteiger partial charge is 0.394 e. The van der Waals surface area contributed by atoms with Crippen molar-refractivity contribution in [3.63, 3.8) is 0 Å². The fourth-order valence-electron chi connectivity index (χ4n) is 7.41. The Balaban J connectivity index is 3.53. The molecule has 0 aromatic carbocycles. The van der Waals surface area contributed by atoms with Gasteiger partial charge in [-0.15, -0.1) is 0 Å². The van der Waals surface area contributed by atoms with Crippen molar-refractivity contribution < 1.29 is 25.2 Å². The summed E-state index contributed by atoms with van der Waals surface area (Å²) in [6, 6.07) is -0.977.